The number of methoxy groups -OCH3 is 1. The zero-order valence-corrected chi connectivity index (χ0v) is 10.1. The Bertz CT molecular complexity index is 185. The van der Waals surface area contributed by atoms with E-state index in [0.29, 0.717) is 6.42 Å². The Hall–Kier alpha value is -0.610. The lowest BCUT2D eigenvalue weighted by atomic mass is 10.0. The molecule has 0 fully saturated rings. The minimum absolute atomic E-state index is 0.0142. The number of carbonyl (C=O) groups excluding carboxylic acids is 1. The Balaban J connectivity index is 3.73. The molecule has 0 saturated heterocycles. The second-order valence-electron chi connectivity index (χ2n) is 4.10. The number of nitrogens with one attached hydrogen (secondary N) is 1. The van der Waals surface area contributed by atoms with E-state index in [1.54, 1.807) is 7.11 Å². The Morgan fingerprint density at radius 1 is 1.40 bits per heavy atom. The molecule has 0 aromatic rings. The predicted octanol–water partition coefficient (Wildman–Crippen LogP) is 0.935. The van der Waals surface area contributed by atoms with Crippen molar-refractivity contribution in [1.82, 2.24) is 5.32 Å². The van der Waals surface area contributed by atoms with E-state index < -0.39 is 0 Å². The standard InChI is InChI=1S/C11H23NO3/c1-8(7-13)10(3)12-11(14)6-5-9(2)15-4/h8-10,13H,5-7H2,1-4H3,(H,12,14). The van der Waals surface area contributed by atoms with E-state index in [9.17, 15) is 4.79 Å². The first-order valence-corrected chi connectivity index (χ1v) is 5.44. The first-order chi connectivity index (χ1) is 7.01. The maximum Gasteiger partial charge on any atom is 0.220 e. The number of aliphatic hydroxyl groups excluding tert-OH is 1. The summed E-state index contributed by atoms with van der Waals surface area (Å²) in [7, 11) is 1.64. The van der Waals surface area contributed by atoms with E-state index >= 15 is 0 Å². The second-order valence-corrected chi connectivity index (χ2v) is 4.10. The first-order valence-electron chi connectivity index (χ1n) is 5.44. The van der Waals surface area contributed by atoms with Crippen molar-refractivity contribution in [3.8, 4) is 0 Å². The van der Waals surface area contributed by atoms with Crippen LogP contribution in [-0.4, -0.2) is 36.9 Å². The van der Waals surface area contributed by atoms with Crippen molar-refractivity contribution in [3.05, 3.63) is 0 Å². The lowest BCUT2D eigenvalue weighted by Gasteiger charge is -2.19. The summed E-state index contributed by atoms with van der Waals surface area (Å²) in [6.45, 7) is 5.84. The SMILES string of the molecule is COC(C)CCC(=O)NC(C)C(C)CO. The molecule has 0 aliphatic heterocycles. The molecule has 15 heavy (non-hydrogen) atoms. The maximum absolute atomic E-state index is 11.4. The number of ether oxygens (including phenoxy) is 1. The molecule has 3 atom stereocenters. The van der Waals surface area contributed by atoms with Gasteiger partial charge < -0.3 is 15.2 Å². The molecule has 2 N–H and O–H groups in total. The Kier molecular flexibility index (Phi) is 7.34. The van der Waals surface area contributed by atoms with E-state index in [4.69, 9.17) is 9.84 Å². The molecule has 90 valence electrons. The highest BCUT2D eigenvalue weighted by molar-refractivity contribution is 5.76. The Morgan fingerprint density at radius 2 is 2.00 bits per heavy atom. The van der Waals surface area contributed by atoms with E-state index in [-0.39, 0.29) is 30.6 Å². The van der Waals surface area contributed by atoms with Gasteiger partial charge >= 0.3 is 0 Å². The monoisotopic (exact) mass is 217 g/mol. The topological polar surface area (TPSA) is 58.6 Å². The molecule has 0 spiro atoms. The number of carbonyl (C=O) groups is 1. The Morgan fingerprint density at radius 3 is 2.47 bits per heavy atom. The molecule has 0 aliphatic carbocycles. The summed E-state index contributed by atoms with van der Waals surface area (Å²) in [5, 5.41) is 11.8. The number of hydrogen-bond acceptors (Lipinski definition) is 3. The predicted molar refractivity (Wildman–Crippen MR) is 59.6 cm³/mol. The van der Waals surface area contributed by atoms with Crippen molar-refractivity contribution in [2.24, 2.45) is 5.92 Å². The molecule has 0 saturated carbocycles. The van der Waals surface area contributed by atoms with Crippen molar-refractivity contribution >= 4 is 5.91 Å². The van der Waals surface area contributed by atoms with Crippen LogP contribution < -0.4 is 5.32 Å². The van der Waals surface area contributed by atoms with Gasteiger partial charge in [0.2, 0.25) is 5.91 Å². The van der Waals surface area contributed by atoms with Gasteiger partial charge in [-0.15, -0.1) is 0 Å². The van der Waals surface area contributed by atoms with E-state index in [1.165, 1.54) is 0 Å². The van der Waals surface area contributed by atoms with Gasteiger partial charge in [-0.25, -0.2) is 0 Å². The minimum atomic E-state index is 0.0142. The van der Waals surface area contributed by atoms with E-state index in [2.05, 4.69) is 5.32 Å². The van der Waals surface area contributed by atoms with Crippen LogP contribution in [0.2, 0.25) is 0 Å². The molecular weight excluding hydrogens is 194 g/mol. The summed E-state index contributed by atoms with van der Waals surface area (Å²) in [6.07, 6.45) is 1.31. The summed E-state index contributed by atoms with van der Waals surface area (Å²) in [4.78, 5) is 11.4. The van der Waals surface area contributed by atoms with Gasteiger partial charge in [0.1, 0.15) is 0 Å². The molecular formula is C11H23NO3. The molecule has 0 aromatic carbocycles. The zero-order chi connectivity index (χ0) is 11.8. The van der Waals surface area contributed by atoms with Crippen molar-refractivity contribution in [2.75, 3.05) is 13.7 Å². The molecule has 0 aromatic heterocycles. The van der Waals surface area contributed by atoms with Crippen LogP contribution in [0.4, 0.5) is 0 Å². The van der Waals surface area contributed by atoms with Crippen molar-refractivity contribution in [2.45, 2.75) is 45.8 Å². The van der Waals surface area contributed by atoms with Crippen LogP contribution in [0.5, 0.6) is 0 Å². The van der Waals surface area contributed by atoms with E-state index in [1.807, 2.05) is 20.8 Å². The second kappa shape index (κ2) is 7.65. The highest BCUT2D eigenvalue weighted by atomic mass is 16.5. The maximum atomic E-state index is 11.4. The Labute approximate surface area is 92.0 Å². The fourth-order valence-corrected chi connectivity index (χ4v) is 1.08. The fourth-order valence-electron chi connectivity index (χ4n) is 1.08. The average molecular weight is 217 g/mol. The van der Waals surface area contributed by atoms with Crippen LogP contribution in [0.25, 0.3) is 0 Å². The van der Waals surface area contributed by atoms with Crippen LogP contribution in [0.15, 0.2) is 0 Å². The van der Waals surface area contributed by atoms with Crippen molar-refractivity contribution < 1.29 is 14.6 Å². The number of amides is 1. The molecule has 3 unspecified atom stereocenters. The summed E-state index contributed by atoms with van der Waals surface area (Å²) in [5.74, 6) is 0.112. The van der Waals surface area contributed by atoms with Gasteiger partial charge in [0.05, 0.1) is 6.10 Å². The van der Waals surface area contributed by atoms with Crippen molar-refractivity contribution in [1.29, 1.82) is 0 Å². The summed E-state index contributed by atoms with van der Waals surface area (Å²) < 4.78 is 5.05. The molecule has 1 amide bonds. The molecule has 0 heterocycles. The summed E-state index contributed by atoms with van der Waals surface area (Å²) in [5.41, 5.74) is 0. The lowest BCUT2D eigenvalue weighted by molar-refractivity contribution is -0.122. The third-order valence-corrected chi connectivity index (χ3v) is 2.71. The highest BCUT2D eigenvalue weighted by Gasteiger charge is 2.14. The number of rotatable bonds is 7. The van der Waals surface area contributed by atoms with Crippen LogP contribution >= 0.6 is 0 Å². The van der Waals surface area contributed by atoms with Gasteiger partial charge in [0.15, 0.2) is 0 Å². The zero-order valence-electron chi connectivity index (χ0n) is 10.1. The van der Waals surface area contributed by atoms with Crippen LogP contribution in [0.3, 0.4) is 0 Å². The average Bonchev–Trinajstić information content (AvgIpc) is 2.24. The van der Waals surface area contributed by atoms with Gasteiger partial charge in [-0.3, -0.25) is 4.79 Å². The minimum Gasteiger partial charge on any atom is -0.396 e. The first kappa shape index (κ1) is 14.4. The fraction of sp³-hybridized carbons (Fsp3) is 0.909. The smallest absolute Gasteiger partial charge is 0.220 e. The number of aliphatic hydroxyl groups is 1. The van der Waals surface area contributed by atoms with Gasteiger partial charge in [-0.1, -0.05) is 6.92 Å². The van der Waals surface area contributed by atoms with Crippen LogP contribution in [0, 0.1) is 5.92 Å². The van der Waals surface area contributed by atoms with Gasteiger partial charge in [-0.2, -0.15) is 0 Å². The summed E-state index contributed by atoms with van der Waals surface area (Å²) in [6, 6.07) is 0.0142. The quantitative estimate of drug-likeness (QED) is 0.667. The van der Waals surface area contributed by atoms with Crippen LogP contribution in [-0.2, 0) is 9.53 Å². The molecule has 0 radical (unpaired) electrons. The van der Waals surface area contributed by atoms with Gasteiger partial charge in [-0.05, 0) is 26.2 Å². The molecule has 4 nitrogen and oxygen atoms in total. The van der Waals surface area contributed by atoms with E-state index in [0.717, 1.165) is 6.42 Å². The third kappa shape index (κ3) is 6.47. The van der Waals surface area contributed by atoms with Crippen LogP contribution in [0.1, 0.15) is 33.6 Å². The molecule has 0 rings (SSSR count). The molecule has 0 bridgehead atoms. The highest BCUT2D eigenvalue weighted by Crippen LogP contribution is 2.03. The largest absolute Gasteiger partial charge is 0.396 e. The summed E-state index contributed by atoms with van der Waals surface area (Å²) >= 11 is 0. The third-order valence-electron chi connectivity index (χ3n) is 2.71. The molecule has 0 aliphatic rings. The van der Waals surface area contributed by atoms with Crippen molar-refractivity contribution in [3.63, 3.8) is 0 Å². The van der Waals surface area contributed by atoms with Gasteiger partial charge in [0, 0.05) is 26.2 Å². The molecule has 4 heteroatoms. The van der Waals surface area contributed by atoms with Gasteiger partial charge in [0.25, 0.3) is 0 Å². The lowest BCUT2D eigenvalue weighted by Crippen LogP contribution is -2.38. The normalized spacial score (nSPS) is 16.9. The number of hydrogen-bond donors (Lipinski definition) is 2.